The predicted molar refractivity (Wildman–Crippen MR) is 179 cm³/mol. The van der Waals surface area contributed by atoms with Gasteiger partial charge in [-0.2, -0.15) is 5.26 Å². The second-order valence-electron chi connectivity index (χ2n) is 10.8. The zero-order valence-electron chi connectivity index (χ0n) is 22.7. The second kappa shape index (κ2) is 8.81. The molecule has 43 heavy (non-hydrogen) atoms. The van der Waals surface area contributed by atoms with E-state index in [0.29, 0.717) is 11.3 Å². The van der Waals surface area contributed by atoms with Crippen LogP contribution in [0.5, 0.6) is 0 Å². The molecule has 0 saturated heterocycles. The predicted octanol–water partition coefficient (Wildman–Crippen LogP) is 10.7. The van der Waals surface area contributed by atoms with Crippen molar-refractivity contribution >= 4 is 80.8 Å². The molecule has 9 aromatic rings. The molecule has 0 spiro atoms. The van der Waals surface area contributed by atoms with E-state index in [2.05, 4.69) is 117 Å². The highest BCUT2D eigenvalue weighted by molar-refractivity contribution is 7.27. The van der Waals surface area contributed by atoms with Crippen LogP contribution in [-0.4, -0.2) is 9.13 Å². The first kappa shape index (κ1) is 23.8. The Morgan fingerprint density at radius 3 is 1.98 bits per heavy atom. The summed E-state index contributed by atoms with van der Waals surface area (Å²) in [6.45, 7) is 7.72. The summed E-state index contributed by atoms with van der Waals surface area (Å²) in [6, 6.07) is 44.4. The number of nitrogens with zero attached hydrogens (tertiary/aromatic N) is 4. The van der Waals surface area contributed by atoms with Crippen LogP contribution in [0.1, 0.15) is 5.56 Å². The molecule has 0 fully saturated rings. The molecular weight excluding hydrogens is 545 g/mol. The van der Waals surface area contributed by atoms with Crippen LogP contribution >= 0.6 is 11.3 Å². The van der Waals surface area contributed by atoms with E-state index in [4.69, 9.17) is 6.57 Å². The molecule has 0 unspecified atom stereocenters. The summed E-state index contributed by atoms with van der Waals surface area (Å²) in [5.74, 6) is 0. The molecule has 0 amide bonds. The molecule has 0 atom stereocenters. The summed E-state index contributed by atoms with van der Waals surface area (Å²) in [5, 5.41) is 16.5. The molecule has 0 aliphatic carbocycles. The molecule has 4 nitrogen and oxygen atoms in total. The number of nitriles is 1. The van der Waals surface area contributed by atoms with E-state index < -0.39 is 0 Å². The van der Waals surface area contributed by atoms with Crippen LogP contribution in [-0.2, 0) is 0 Å². The Kier molecular flexibility index (Phi) is 4.87. The van der Waals surface area contributed by atoms with Crippen molar-refractivity contribution in [1.29, 1.82) is 5.26 Å². The van der Waals surface area contributed by atoms with Gasteiger partial charge in [0, 0.05) is 42.3 Å². The monoisotopic (exact) mass is 564 g/mol. The van der Waals surface area contributed by atoms with Crippen LogP contribution < -0.4 is 0 Å². The highest BCUT2D eigenvalue weighted by Gasteiger charge is 2.19. The smallest absolute Gasteiger partial charge is 0.204 e. The molecule has 0 aliphatic heterocycles. The van der Waals surface area contributed by atoms with Crippen molar-refractivity contribution in [1.82, 2.24) is 9.13 Å². The van der Waals surface area contributed by atoms with Crippen molar-refractivity contribution in [3.05, 3.63) is 138 Å². The second-order valence-corrected chi connectivity index (χ2v) is 11.8. The van der Waals surface area contributed by atoms with E-state index in [1.54, 1.807) is 11.3 Å². The average Bonchev–Trinajstić information content (AvgIpc) is 3.72. The van der Waals surface area contributed by atoms with E-state index in [0.717, 1.165) is 54.3 Å². The third-order valence-electron chi connectivity index (χ3n) is 8.55. The maximum Gasteiger partial charge on any atom is 0.204 e. The Morgan fingerprint density at radius 1 is 0.558 bits per heavy atom. The summed E-state index contributed by atoms with van der Waals surface area (Å²) < 4.78 is 6.91. The van der Waals surface area contributed by atoms with Crippen LogP contribution in [0, 0.1) is 17.9 Å². The molecule has 3 heterocycles. The van der Waals surface area contributed by atoms with E-state index in [-0.39, 0.29) is 0 Å². The summed E-state index contributed by atoms with van der Waals surface area (Å²) >= 11 is 1.72. The first-order valence-electron chi connectivity index (χ1n) is 14.0. The highest BCUT2D eigenvalue weighted by atomic mass is 32.1. The number of benzene rings is 6. The van der Waals surface area contributed by atoms with Crippen molar-refractivity contribution in [2.75, 3.05) is 0 Å². The standard InChI is InChI=1S/C38H20N4S/c1-40-31-13-7-12-27-28-17-19-35-36(38(28)43-37(27)31)29-11-3-5-15-33(29)42(35)25-9-6-8-24(21-25)41-32-14-4-2-10-26(32)30-20-23(22-39)16-18-34(30)41/h2-21H. The summed E-state index contributed by atoms with van der Waals surface area (Å²) in [5.41, 5.74) is 7.96. The molecule has 198 valence electrons. The topological polar surface area (TPSA) is 38.0 Å². The number of para-hydroxylation sites is 2. The van der Waals surface area contributed by atoms with Crippen LogP contribution in [0.15, 0.2) is 121 Å². The van der Waals surface area contributed by atoms with Crippen molar-refractivity contribution in [2.45, 2.75) is 0 Å². The van der Waals surface area contributed by atoms with Gasteiger partial charge in [0.2, 0.25) is 5.69 Å². The van der Waals surface area contributed by atoms with Gasteiger partial charge in [-0.25, -0.2) is 4.85 Å². The van der Waals surface area contributed by atoms with Crippen molar-refractivity contribution in [3.63, 3.8) is 0 Å². The van der Waals surface area contributed by atoms with E-state index in [1.165, 1.54) is 20.9 Å². The van der Waals surface area contributed by atoms with Crippen LogP contribution in [0.25, 0.3) is 80.0 Å². The number of fused-ring (bicyclic) bond motifs is 10. The van der Waals surface area contributed by atoms with E-state index >= 15 is 0 Å². The number of hydrogen-bond acceptors (Lipinski definition) is 2. The van der Waals surface area contributed by atoms with Crippen molar-refractivity contribution in [2.24, 2.45) is 0 Å². The number of hydrogen-bond donors (Lipinski definition) is 0. The molecule has 3 aromatic heterocycles. The molecule has 5 heteroatoms. The fraction of sp³-hybridized carbons (Fsp3) is 0. The fourth-order valence-electron chi connectivity index (χ4n) is 6.75. The first-order valence-corrected chi connectivity index (χ1v) is 14.9. The normalized spacial score (nSPS) is 11.7. The van der Waals surface area contributed by atoms with Gasteiger partial charge in [0.1, 0.15) is 0 Å². The Morgan fingerprint density at radius 2 is 1.19 bits per heavy atom. The van der Waals surface area contributed by atoms with Gasteiger partial charge in [-0.05, 0) is 65.4 Å². The van der Waals surface area contributed by atoms with Gasteiger partial charge in [0.05, 0.1) is 40.3 Å². The number of rotatable bonds is 2. The molecular formula is C38H20N4S. The zero-order valence-corrected chi connectivity index (χ0v) is 23.6. The molecule has 0 saturated carbocycles. The van der Waals surface area contributed by atoms with Crippen LogP contribution in [0.3, 0.4) is 0 Å². The quantitative estimate of drug-likeness (QED) is 0.192. The lowest BCUT2D eigenvalue weighted by molar-refractivity contribution is 1.13. The Labute approximate surface area is 250 Å². The molecule has 0 bridgehead atoms. The Hall–Kier alpha value is -5.88. The van der Waals surface area contributed by atoms with Crippen molar-refractivity contribution < 1.29 is 0 Å². The Balaban J connectivity index is 1.35. The van der Waals surface area contributed by atoms with Crippen molar-refractivity contribution in [3.8, 4) is 17.4 Å². The lowest BCUT2D eigenvalue weighted by atomic mass is 10.1. The fourth-order valence-corrected chi connectivity index (χ4v) is 8.07. The summed E-state index contributed by atoms with van der Waals surface area (Å²) in [7, 11) is 0. The largest absolute Gasteiger partial charge is 0.309 e. The third-order valence-corrected chi connectivity index (χ3v) is 9.81. The summed E-state index contributed by atoms with van der Waals surface area (Å²) in [4.78, 5) is 3.81. The lowest BCUT2D eigenvalue weighted by Crippen LogP contribution is -1.98. The van der Waals surface area contributed by atoms with Crippen LogP contribution in [0.2, 0.25) is 0 Å². The minimum atomic E-state index is 0.658. The van der Waals surface area contributed by atoms with E-state index in [1.807, 2.05) is 24.3 Å². The molecule has 6 aromatic carbocycles. The van der Waals surface area contributed by atoms with Gasteiger partial charge in [-0.3, -0.25) is 0 Å². The van der Waals surface area contributed by atoms with Gasteiger partial charge in [0.15, 0.2) is 0 Å². The Bertz CT molecular complexity index is 2710. The molecule has 9 rings (SSSR count). The number of thiophene rings is 1. The number of aromatic nitrogens is 2. The van der Waals surface area contributed by atoms with Crippen LogP contribution in [0.4, 0.5) is 5.69 Å². The van der Waals surface area contributed by atoms with E-state index in [9.17, 15) is 5.26 Å². The third kappa shape index (κ3) is 3.23. The maximum atomic E-state index is 9.57. The van der Waals surface area contributed by atoms with Gasteiger partial charge in [-0.1, -0.05) is 66.7 Å². The first-order chi connectivity index (χ1) is 21.2. The highest BCUT2D eigenvalue weighted by Crippen LogP contribution is 2.46. The minimum absolute atomic E-state index is 0.658. The van der Waals surface area contributed by atoms with Gasteiger partial charge in [0.25, 0.3) is 0 Å². The zero-order chi connectivity index (χ0) is 28.7. The maximum absolute atomic E-state index is 9.57. The minimum Gasteiger partial charge on any atom is -0.309 e. The van der Waals surface area contributed by atoms with Gasteiger partial charge >= 0.3 is 0 Å². The lowest BCUT2D eigenvalue weighted by Gasteiger charge is -2.13. The van der Waals surface area contributed by atoms with Gasteiger partial charge in [-0.15, -0.1) is 11.3 Å². The molecule has 0 aliphatic rings. The van der Waals surface area contributed by atoms with Gasteiger partial charge < -0.3 is 9.13 Å². The summed E-state index contributed by atoms with van der Waals surface area (Å²) in [6.07, 6.45) is 0. The SMILES string of the molecule is [C-]#[N+]c1cccc2c1sc1c2ccc2c1c1ccccc1n2-c1cccc(-n2c3ccccc3c3cc(C#N)ccc32)c1. The molecule has 0 radical (unpaired) electrons. The molecule has 0 N–H and O–H groups in total. The average molecular weight is 565 g/mol.